The van der Waals surface area contributed by atoms with Crippen LogP contribution in [0.1, 0.15) is 22.8 Å². The lowest BCUT2D eigenvalue weighted by Crippen LogP contribution is -2.29. The van der Waals surface area contributed by atoms with Gasteiger partial charge in [-0.05, 0) is 30.2 Å². The quantitative estimate of drug-likeness (QED) is 0.874. The fourth-order valence-electron chi connectivity index (χ4n) is 2.58. The van der Waals surface area contributed by atoms with Crippen molar-refractivity contribution in [1.82, 2.24) is 4.98 Å². The Morgan fingerprint density at radius 2 is 2.14 bits per heavy atom. The van der Waals surface area contributed by atoms with E-state index in [9.17, 15) is 9.00 Å². The van der Waals surface area contributed by atoms with Crippen LogP contribution in [-0.2, 0) is 17.2 Å². The van der Waals surface area contributed by atoms with Crippen LogP contribution in [-0.4, -0.2) is 27.4 Å². The molecule has 1 unspecified atom stereocenters. The normalized spacial score (nSPS) is 14.8. The van der Waals surface area contributed by atoms with Gasteiger partial charge in [0.2, 0.25) is 0 Å². The number of pyridine rings is 1. The molecular formula is C16H16N2O2S. The van der Waals surface area contributed by atoms with E-state index in [-0.39, 0.29) is 5.91 Å². The molecule has 2 aromatic rings. The molecule has 5 heteroatoms. The number of nitrogens with zero attached hydrogens (tertiary/aromatic N) is 2. The van der Waals surface area contributed by atoms with Crippen molar-refractivity contribution >= 4 is 22.4 Å². The molecule has 0 saturated heterocycles. The second kappa shape index (κ2) is 5.77. The van der Waals surface area contributed by atoms with Gasteiger partial charge in [0.1, 0.15) is 0 Å². The van der Waals surface area contributed by atoms with Gasteiger partial charge in [0.25, 0.3) is 5.91 Å². The summed E-state index contributed by atoms with van der Waals surface area (Å²) in [6, 6.07) is 9.02. The second-order valence-electron chi connectivity index (χ2n) is 4.84. The minimum atomic E-state index is -1.14. The van der Waals surface area contributed by atoms with E-state index >= 15 is 0 Å². The molecule has 0 saturated carbocycles. The minimum absolute atomic E-state index is 0.0858. The molecule has 1 aliphatic heterocycles. The van der Waals surface area contributed by atoms with Crippen molar-refractivity contribution in [2.75, 3.05) is 17.2 Å². The first-order valence-electron chi connectivity index (χ1n) is 6.94. The van der Waals surface area contributed by atoms with Crippen molar-refractivity contribution in [3.05, 3.63) is 53.9 Å². The molecule has 0 spiro atoms. The summed E-state index contributed by atoms with van der Waals surface area (Å²) < 4.78 is 12.1. The molecule has 1 aromatic carbocycles. The van der Waals surface area contributed by atoms with Crippen molar-refractivity contribution in [3.8, 4) is 0 Å². The molecule has 0 aliphatic carbocycles. The number of aromatic nitrogens is 1. The fourth-order valence-corrected chi connectivity index (χ4v) is 3.52. The van der Waals surface area contributed by atoms with E-state index in [1.165, 1.54) is 0 Å². The topological polar surface area (TPSA) is 50.3 Å². The number of hydrogen-bond donors (Lipinski definition) is 0. The molecule has 3 rings (SSSR count). The Morgan fingerprint density at radius 1 is 1.33 bits per heavy atom. The van der Waals surface area contributed by atoms with E-state index in [1.807, 2.05) is 25.1 Å². The van der Waals surface area contributed by atoms with Crippen LogP contribution < -0.4 is 4.90 Å². The zero-order chi connectivity index (χ0) is 14.8. The monoisotopic (exact) mass is 300 g/mol. The largest absolute Gasteiger partial charge is 0.308 e. The number of carbonyl (C=O) groups excluding carboxylic acids is 1. The Hall–Kier alpha value is -2.01. The van der Waals surface area contributed by atoms with Crippen LogP contribution >= 0.6 is 0 Å². The van der Waals surface area contributed by atoms with Gasteiger partial charge in [-0.2, -0.15) is 0 Å². The molecule has 21 heavy (non-hydrogen) atoms. The third-order valence-corrected chi connectivity index (χ3v) is 5.01. The molecule has 1 aromatic heterocycles. The third-order valence-electron chi connectivity index (χ3n) is 3.64. The summed E-state index contributed by atoms with van der Waals surface area (Å²) >= 11 is 0. The van der Waals surface area contributed by atoms with Crippen molar-refractivity contribution in [2.45, 2.75) is 18.2 Å². The van der Waals surface area contributed by atoms with Crippen LogP contribution in [0.2, 0.25) is 0 Å². The predicted octanol–water partition coefficient (Wildman–Crippen LogP) is 2.41. The molecule has 4 nitrogen and oxygen atoms in total. The Morgan fingerprint density at radius 3 is 2.95 bits per heavy atom. The molecule has 1 aliphatic rings. The van der Waals surface area contributed by atoms with E-state index in [4.69, 9.17) is 0 Å². The number of fused-ring (bicyclic) bond motifs is 1. The van der Waals surface area contributed by atoms with E-state index in [0.717, 1.165) is 17.7 Å². The van der Waals surface area contributed by atoms with Gasteiger partial charge < -0.3 is 4.90 Å². The lowest BCUT2D eigenvalue weighted by Gasteiger charge is -2.18. The molecule has 0 N–H and O–H groups in total. The second-order valence-corrected chi connectivity index (χ2v) is 6.55. The fraction of sp³-hybridized carbons (Fsp3) is 0.250. The minimum Gasteiger partial charge on any atom is -0.308 e. The highest BCUT2D eigenvalue weighted by Gasteiger charge is 2.27. The zero-order valence-electron chi connectivity index (χ0n) is 11.8. The highest BCUT2D eigenvalue weighted by molar-refractivity contribution is 7.85. The van der Waals surface area contributed by atoms with Gasteiger partial charge in [-0.3, -0.25) is 14.0 Å². The Balaban J connectivity index is 1.99. The molecule has 108 valence electrons. The Kier molecular flexibility index (Phi) is 3.84. The summed E-state index contributed by atoms with van der Waals surface area (Å²) in [5.41, 5.74) is 2.52. The average Bonchev–Trinajstić information content (AvgIpc) is 2.97. The van der Waals surface area contributed by atoms with Crippen LogP contribution in [0, 0.1) is 0 Å². The lowest BCUT2D eigenvalue weighted by molar-refractivity contribution is 0.0986. The van der Waals surface area contributed by atoms with Crippen LogP contribution in [0.4, 0.5) is 5.69 Å². The van der Waals surface area contributed by atoms with Crippen LogP contribution in [0.5, 0.6) is 0 Å². The van der Waals surface area contributed by atoms with Crippen LogP contribution in [0.3, 0.4) is 0 Å². The number of benzene rings is 1. The maximum Gasteiger partial charge on any atom is 0.259 e. The van der Waals surface area contributed by atoms with Gasteiger partial charge in [0.15, 0.2) is 0 Å². The standard InChI is InChI=1S/C16H16N2O2S/c1-2-21(20)15-6-4-3-5-13(15)16(19)18-10-8-12-11-17-9-7-14(12)18/h3-7,9,11H,2,8,10H2,1H3. The first-order chi connectivity index (χ1) is 10.2. The number of amides is 1. The predicted molar refractivity (Wildman–Crippen MR) is 83.0 cm³/mol. The van der Waals surface area contributed by atoms with Gasteiger partial charge >= 0.3 is 0 Å². The highest BCUT2D eigenvalue weighted by Crippen LogP contribution is 2.29. The van der Waals surface area contributed by atoms with E-state index in [0.29, 0.717) is 22.8 Å². The molecule has 2 heterocycles. The summed E-state index contributed by atoms with van der Waals surface area (Å²) in [4.78, 5) is 19.3. The van der Waals surface area contributed by atoms with Crippen molar-refractivity contribution < 1.29 is 9.00 Å². The number of rotatable bonds is 3. The first-order valence-corrected chi connectivity index (χ1v) is 8.26. The van der Waals surface area contributed by atoms with E-state index < -0.39 is 10.8 Å². The van der Waals surface area contributed by atoms with Crippen LogP contribution in [0.25, 0.3) is 0 Å². The Bertz CT molecular complexity index is 715. The molecular weight excluding hydrogens is 284 g/mol. The summed E-state index contributed by atoms with van der Waals surface area (Å²) in [5.74, 6) is 0.419. The average molecular weight is 300 g/mol. The molecule has 1 amide bonds. The van der Waals surface area contributed by atoms with Crippen molar-refractivity contribution in [2.24, 2.45) is 0 Å². The van der Waals surface area contributed by atoms with Gasteiger partial charge in [-0.25, -0.2) is 0 Å². The molecule has 0 fully saturated rings. The molecule has 0 radical (unpaired) electrons. The lowest BCUT2D eigenvalue weighted by atomic mass is 10.2. The number of carbonyl (C=O) groups is 1. The third kappa shape index (κ3) is 2.49. The summed E-state index contributed by atoms with van der Waals surface area (Å²) in [6.45, 7) is 2.50. The first kappa shape index (κ1) is 13.9. The van der Waals surface area contributed by atoms with E-state index in [1.54, 1.807) is 29.4 Å². The van der Waals surface area contributed by atoms with Gasteiger partial charge in [0, 0.05) is 24.7 Å². The molecule has 1 atom stereocenters. The number of anilines is 1. The van der Waals surface area contributed by atoms with Gasteiger partial charge in [0.05, 0.1) is 26.9 Å². The zero-order valence-corrected chi connectivity index (χ0v) is 12.6. The van der Waals surface area contributed by atoms with Gasteiger partial charge in [-0.1, -0.05) is 19.1 Å². The highest BCUT2D eigenvalue weighted by atomic mass is 32.2. The summed E-state index contributed by atoms with van der Waals surface area (Å²) in [5, 5.41) is 0. The summed E-state index contributed by atoms with van der Waals surface area (Å²) in [6.07, 6.45) is 4.31. The number of hydrogen-bond acceptors (Lipinski definition) is 3. The Labute approximate surface area is 126 Å². The SMILES string of the molecule is CCS(=O)c1ccccc1C(=O)N1CCc2cnccc21. The molecule has 0 bridgehead atoms. The summed E-state index contributed by atoms with van der Waals surface area (Å²) in [7, 11) is -1.14. The maximum absolute atomic E-state index is 12.8. The maximum atomic E-state index is 12.8. The van der Waals surface area contributed by atoms with Gasteiger partial charge in [-0.15, -0.1) is 0 Å². The van der Waals surface area contributed by atoms with E-state index in [2.05, 4.69) is 4.98 Å². The smallest absolute Gasteiger partial charge is 0.259 e. The van der Waals surface area contributed by atoms with Crippen molar-refractivity contribution in [1.29, 1.82) is 0 Å². The van der Waals surface area contributed by atoms with Crippen molar-refractivity contribution in [3.63, 3.8) is 0 Å². The van der Waals surface area contributed by atoms with Crippen LogP contribution in [0.15, 0.2) is 47.6 Å².